The Morgan fingerprint density at radius 3 is 2.30 bits per heavy atom. The van der Waals surface area contributed by atoms with Gasteiger partial charge in [0, 0.05) is 20.6 Å². The first-order valence-electron chi connectivity index (χ1n) is 6.33. The van der Waals surface area contributed by atoms with Crippen LogP contribution in [-0.4, -0.2) is 67.3 Å². The third kappa shape index (κ3) is 6.17. The summed E-state index contributed by atoms with van der Waals surface area (Å²) in [6.45, 7) is 3.55. The van der Waals surface area contributed by atoms with E-state index in [9.17, 15) is 19.2 Å². The molecule has 0 aliphatic heterocycles. The minimum absolute atomic E-state index is 0.281. The predicted octanol–water partition coefficient (Wildman–Crippen LogP) is -0.843. The molecule has 0 saturated carbocycles. The van der Waals surface area contributed by atoms with Crippen LogP contribution in [0.2, 0.25) is 0 Å². The highest BCUT2D eigenvalue weighted by molar-refractivity contribution is 5.93. The van der Waals surface area contributed by atoms with Crippen LogP contribution in [-0.2, 0) is 14.4 Å². The van der Waals surface area contributed by atoms with Crippen molar-refractivity contribution in [3.63, 3.8) is 0 Å². The van der Waals surface area contributed by atoms with E-state index in [0.717, 1.165) is 11.3 Å². The quantitative estimate of drug-likeness (QED) is 0.596. The molecule has 0 aromatic carbocycles. The molecule has 0 rings (SSSR count). The molecule has 0 radical (unpaired) electrons. The molecule has 8 nitrogen and oxygen atoms in total. The summed E-state index contributed by atoms with van der Waals surface area (Å²) < 4.78 is 0. The Morgan fingerprint density at radius 2 is 1.85 bits per heavy atom. The van der Waals surface area contributed by atoms with Crippen LogP contribution in [0, 0.1) is 0 Å². The van der Waals surface area contributed by atoms with Gasteiger partial charge >= 0.3 is 6.03 Å². The molecule has 1 unspecified atom stereocenters. The maximum absolute atomic E-state index is 11.7. The molecule has 0 bridgehead atoms. The summed E-state index contributed by atoms with van der Waals surface area (Å²) in [6, 6.07) is -1.32. The molecule has 0 aromatic rings. The van der Waals surface area contributed by atoms with Crippen LogP contribution in [0.3, 0.4) is 0 Å². The Labute approximate surface area is 118 Å². The highest BCUT2D eigenvalue weighted by atomic mass is 16.2. The molecular formula is C12H22N4O4. The average molecular weight is 286 g/mol. The number of urea groups is 1. The molecular weight excluding hydrogens is 264 g/mol. The van der Waals surface area contributed by atoms with Gasteiger partial charge in [0.1, 0.15) is 12.6 Å². The van der Waals surface area contributed by atoms with E-state index < -0.39 is 24.5 Å². The lowest BCUT2D eigenvalue weighted by molar-refractivity contribution is -0.130. The highest BCUT2D eigenvalue weighted by Crippen LogP contribution is 1.92. The standard InChI is InChI=1S/C12H22N4O4/c1-5-6-13-11(19)9(2)14-10(18)7-16(8-17)12(20)15(3)4/h8-9H,5-7H2,1-4H3,(H,13,19)(H,14,18). The van der Waals surface area contributed by atoms with E-state index in [4.69, 9.17) is 0 Å². The zero-order chi connectivity index (χ0) is 15.7. The lowest BCUT2D eigenvalue weighted by Gasteiger charge is -2.20. The molecule has 0 aliphatic rings. The third-order valence-electron chi connectivity index (χ3n) is 2.39. The van der Waals surface area contributed by atoms with Crippen molar-refractivity contribution in [3.05, 3.63) is 0 Å². The second kappa shape index (κ2) is 8.89. The van der Waals surface area contributed by atoms with Crippen LogP contribution in [0.4, 0.5) is 4.79 Å². The Morgan fingerprint density at radius 1 is 1.25 bits per heavy atom. The summed E-state index contributed by atoms with van der Waals surface area (Å²) in [6.07, 6.45) is 1.08. The number of nitrogens with one attached hydrogen (secondary N) is 2. The molecule has 0 saturated heterocycles. The molecule has 1 atom stereocenters. The van der Waals surface area contributed by atoms with Crippen LogP contribution in [0.5, 0.6) is 0 Å². The molecule has 0 fully saturated rings. The average Bonchev–Trinajstić information content (AvgIpc) is 2.40. The van der Waals surface area contributed by atoms with Crippen molar-refractivity contribution in [3.8, 4) is 0 Å². The Balaban J connectivity index is 4.36. The minimum Gasteiger partial charge on any atom is -0.354 e. The fraction of sp³-hybridized carbons (Fsp3) is 0.667. The predicted molar refractivity (Wildman–Crippen MR) is 72.8 cm³/mol. The molecule has 0 heterocycles. The van der Waals surface area contributed by atoms with Gasteiger partial charge in [-0.15, -0.1) is 0 Å². The molecule has 20 heavy (non-hydrogen) atoms. The van der Waals surface area contributed by atoms with Crippen LogP contribution >= 0.6 is 0 Å². The summed E-state index contributed by atoms with van der Waals surface area (Å²) in [5.74, 6) is -0.886. The number of rotatable bonds is 7. The van der Waals surface area contributed by atoms with Crippen molar-refractivity contribution in [1.29, 1.82) is 0 Å². The number of carbonyl (C=O) groups is 4. The molecule has 0 spiro atoms. The first-order chi connectivity index (χ1) is 9.33. The largest absolute Gasteiger partial charge is 0.354 e. The van der Waals surface area contributed by atoms with Crippen LogP contribution in [0.1, 0.15) is 20.3 Å². The zero-order valence-electron chi connectivity index (χ0n) is 12.3. The van der Waals surface area contributed by atoms with Gasteiger partial charge in [-0.3, -0.25) is 19.3 Å². The highest BCUT2D eigenvalue weighted by Gasteiger charge is 2.20. The summed E-state index contributed by atoms with van der Waals surface area (Å²) >= 11 is 0. The van der Waals surface area contributed by atoms with Crippen LogP contribution < -0.4 is 10.6 Å². The van der Waals surface area contributed by atoms with E-state index in [1.165, 1.54) is 25.9 Å². The summed E-state index contributed by atoms with van der Waals surface area (Å²) in [7, 11) is 2.94. The molecule has 0 aromatic heterocycles. The van der Waals surface area contributed by atoms with Gasteiger partial charge in [0.05, 0.1) is 0 Å². The van der Waals surface area contributed by atoms with E-state index in [0.29, 0.717) is 6.54 Å². The van der Waals surface area contributed by atoms with Crippen molar-refractivity contribution >= 4 is 24.3 Å². The lowest BCUT2D eigenvalue weighted by atomic mass is 10.3. The monoisotopic (exact) mass is 286 g/mol. The fourth-order valence-corrected chi connectivity index (χ4v) is 1.32. The number of hydrogen-bond donors (Lipinski definition) is 2. The number of nitrogens with zero attached hydrogens (tertiary/aromatic N) is 2. The summed E-state index contributed by atoms with van der Waals surface area (Å²) in [5, 5.41) is 5.06. The zero-order valence-corrected chi connectivity index (χ0v) is 12.3. The summed E-state index contributed by atoms with van der Waals surface area (Å²) in [4.78, 5) is 47.4. The molecule has 5 amide bonds. The molecule has 8 heteroatoms. The SMILES string of the molecule is CCCNC(=O)C(C)NC(=O)CN(C=O)C(=O)N(C)C. The van der Waals surface area contributed by atoms with Gasteiger partial charge < -0.3 is 15.5 Å². The van der Waals surface area contributed by atoms with Gasteiger partial charge in [-0.1, -0.05) is 6.92 Å². The maximum atomic E-state index is 11.7. The van der Waals surface area contributed by atoms with E-state index in [1.54, 1.807) is 0 Å². The molecule has 0 aliphatic carbocycles. The number of hydrogen-bond acceptors (Lipinski definition) is 4. The van der Waals surface area contributed by atoms with Gasteiger partial charge in [-0.2, -0.15) is 0 Å². The van der Waals surface area contributed by atoms with Gasteiger partial charge in [-0.05, 0) is 13.3 Å². The van der Waals surface area contributed by atoms with Gasteiger partial charge in [0.2, 0.25) is 18.2 Å². The number of imide groups is 1. The van der Waals surface area contributed by atoms with Crippen molar-refractivity contribution < 1.29 is 19.2 Å². The van der Waals surface area contributed by atoms with Gasteiger partial charge in [0.15, 0.2) is 0 Å². The van der Waals surface area contributed by atoms with E-state index in [1.807, 2.05) is 6.92 Å². The Kier molecular flexibility index (Phi) is 7.95. The van der Waals surface area contributed by atoms with Crippen molar-refractivity contribution in [2.75, 3.05) is 27.2 Å². The topological polar surface area (TPSA) is 98.8 Å². The number of carbonyl (C=O) groups excluding carboxylic acids is 4. The summed E-state index contributed by atoms with van der Waals surface area (Å²) in [5.41, 5.74) is 0. The normalized spacial score (nSPS) is 11.2. The van der Waals surface area contributed by atoms with Gasteiger partial charge in [0.25, 0.3) is 0 Å². The second-order valence-corrected chi connectivity index (χ2v) is 4.49. The molecule has 114 valence electrons. The second-order valence-electron chi connectivity index (χ2n) is 4.49. The number of amides is 5. The fourth-order valence-electron chi connectivity index (χ4n) is 1.32. The van der Waals surface area contributed by atoms with Crippen molar-refractivity contribution in [2.45, 2.75) is 26.3 Å². The first-order valence-corrected chi connectivity index (χ1v) is 6.33. The van der Waals surface area contributed by atoms with Crippen LogP contribution in [0.25, 0.3) is 0 Å². The van der Waals surface area contributed by atoms with E-state index in [-0.39, 0.29) is 12.3 Å². The Bertz CT molecular complexity index is 370. The van der Waals surface area contributed by atoms with Crippen LogP contribution in [0.15, 0.2) is 0 Å². The maximum Gasteiger partial charge on any atom is 0.326 e. The lowest BCUT2D eigenvalue weighted by Crippen LogP contribution is -2.50. The minimum atomic E-state index is -0.725. The van der Waals surface area contributed by atoms with Crippen molar-refractivity contribution in [2.24, 2.45) is 0 Å². The van der Waals surface area contributed by atoms with Gasteiger partial charge in [-0.25, -0.2) is 4.79 Å². The van der Waals surface area contributed by atoms with E-state index in [2.05, 4.69) is 10.6 Å². The Hall–Kier alpha value is -2.12. The molecule has 2 N–H and O–H groups in total. The smallest absolute Gasteiger partial charge is 0.326 e. The first kappa shape index (κ1) is 17.9. The van der Waals surface area contributed by atoms with Crippen molar-refractivity contribution in [1.82, 2.24) is 20.4 Å². The van der Waals surface area contributed by atoms with E-state index >= 15 is 0 Å². The third-order valence-corrected chi connectivity index (χ3v) is 2.39.